The smallest absolute Gasteiger partial charge is 0.250 e. The second-order valence-corrected chi connectivity index (χ2v) is 5.54. The maximum atomic E-state index is 12.5. The summed E-state index contributed by atoms with van der Waals surface area (Å²) in [5.41, 5.74) is 0.255. The molecule has 7 heteroatoms. The van der Waals surface area contributed by atoms with Crippen LogP contribution in [0.15, 0.2) is 24.3 Å². The van der Waals surface area contributed by atoms with Crippen LogP contribution in [0.3, 0.4) is 0 Å². The number of fused-ring (bicyclic) bond motifs is 1. The van der Waals surface area contributed by atoms with Gasteiger partial charge in [-0.2, -0.15) is 0 Å². The van der Waals surface area contributed by atoms with Crippen LogP contribution in [0, 0.1) is 0 Å². The van der Waals surface area contributed by atoms with E-state index in [2.05, 4.69) is 16.0 Å². The van der Waals surface area contributed by atoms with Crippen LogP contribution in [-0.2, 0) is 14.4 Å². The van der Waals surface area contributed by atoms with Gasteiger partial charge in [0.05, 0.1) is 24.5 Å². The summed E-state index contributed by atoms with van der Waals surface area (Å²) in [4.78, 5) is 37.4. The van der Waals surface area contributed by atoms with Gasteiger partial charge in [0.2, 0.25) is 17.7 Å². The molecule has 7 nitrogen and oxygen atoms in total. The molecule has 1 aliphatic heterocycles. The number of nitrogens with one attached hydrogen (secondary N) is 3. The summed E-state index contributed by atoms with van der Waals surface area (Å²) in [5, 5.41) is 8.05. The lowest BCUT2D eigenvalue weighted by Gasteiger charge is -2.42. The van der Waals surface area contributed by atoms with E-state index in [1.807, 2.05) is 6.07 Å². The van der Waals surface area contributed by atoms with Gasteiger partial charge in [-0.15, -0.1) is 0 Å². The maximum Gasteiger partial charge on any atom is 0.250 e. The Bertz CT molecular complexity index is 613. The SMILES string of the molecule is CNC(=O)CNCC(=O)N1c2ccccc2NC(=O)C1(C)C. The van der Waals surface area contributed by atoms with Gasteiger partial charge in [0, 0.05) is 7.05 Å². The lowest BCUT2D eigenvalue weighted by atomic mass is 9.96. The van der Waals surface area contributed by atoms with E-state index in [0.717, 1.165) is 0 Å². The third-order valence-corrected chi connectivity index (χ3v) is 3.60. The number of rotatable bonds is 4. The first-order chi connectivity index (χ1) is 10.4. The standard InChI is InChI=1S/C15H20N4O3/c1-15(2)14(22)18-10-6-4-5-7-11(10)19(15)13(21)9-17-8-12(20)16-3/h4-7,17H,8-9H2,1-3H3,(H,16,20)(H,18,22). The fourth-order valence-electron chi connectivity index (χ4n) is 2.35. The lowest BCUT2D eigenvalue weighted by Crippen LogP contribution is -2.60. The van der Waals surface area contributed by atoms with Crippen molar-refractivity contribution >= 4 is 29.1 Å². The quantitative estimate of drug-likeness (QED) is 0.735. The van der Waals surface area contributed by atoms with Crippen LogP contribution < -0.4 is 20.9 Å². The van der Waals surface area contributed by atoms with Crippen LogP contribution in [0.2, 0.25) is 0 Å². The summed E-state index contributed by atoms with van der Waals surface area (Å²) >= 11 is 0. The zero-order valence-corrected chi connectivity index (χ0v) is 12.9. The average Bonchev–Trinajstić information content (AvgIpc) is 2.47. The van der Waals surface area contributed by atoms with E-state index >= 15 is 0 Å². The van der Waals surface area contributed by atoms with Gasteiger partial charge in [0.15, 0.2) is 0 Å². The summed E-state index contributed by atoms with van der Waals surface area (Å²) in [6, 6.07) is 7.14. The van der Waals surface area contributed by atoms with Gasteiger partial charge in [-0.25, -0.2) is 0 Å². The fourth-order valence-corrected chi connectivity index (χ4v) is 2.35. The number of hydrogen-bond donors (Lipinski definition) is 3. The van der Waals surface area contributed by atoms with E-state index in [1.165, 1.54) is 11.9 Å². The Balaban J connectivity index is 2.21. The van der Waals surface area contributed by atoms with Crippen molar-refractivity contribution in [1.29, 1.82) is 0 Å². The summed E-state index contributed by atoms with van der Waals surface area (Å²) in [5.74, 6) is -0.717. The van der Waals surface area contributed by atoms with Crippen molar-refractivity contribution in [3.63, 3.8) is 0 Å². The number of hydrogen-bond acceptors (Lipinski definition) is 4. The van der Waals surface area contributed by atoms with E-state index in [-0.39, 0.29) is 30.8 Å². The normalized spacial score (nSPS) is 15.8. The summed E-state index contributed by atoms with van der Waals surface area (Å²) < 4.78 is 0. The first-order valence-electron chi connectivity index (χ1n) is 7.02. The molecule has 1 heterocycles. The Hall–Kier alpha value is -2.41. The molecular weight excluding hydrogens is 284 g/mol. The van der Waals surface area contributed by atoms with Crippen LogP contribution in [0.4, 0.5) is 11.4 Å². The third-order valence-electron chi connectivity index (χ3n) is 3.60. The Morgan fingerprint density at radius 3 is 2.59 bits per heavy atom. The zero-order valence-electron chi connectivity index (χ0n) is 12.9. The molecule has 3 amide bonds. The molecule has 1 aliphatic rings. The van der Waals surface area contributed by atoms with Crippen molar-refractivity contribution in [3.05, 3.63) is 24.3 Å². The molecule has 0 saturated heterocycles. The van der Waals surface area contributed by atoms with Gasteiger partial charge in [-0.1, -0.05) is 12.1 Å². The molecule has 118 valence electrons. The van der Waals surface area contributed by atoms with Crippen molar-refractivity contribution < 1.29 is 14.4 Å². The van der Waals surface area contributed by atoms with E-state index in [0.29, 0.717) is 11.4 Å². The van der Waals surface area contributed by atoms with Crippen LogP contribution in [0.1, 0.15) is 13.8 Å². The van der Waals surface area contributed by atoms with Crippen LogP contribution >= 0.6 is 0 Å². The van der Waals surface area contributed by atoms with Gasteiger partial charge in [-0.3, -0.25) is 24.6 Å². The number of para-hydroxylation sites is 2. The lowest BCUT2D eigenvalue weighted by molar-refractivity contribution is -0.126. The molecule has 0 aliphatic carbocycles. The predicted molar refractivity (Wildman–Crippen MR) is 83.6 cm³/mol. The zero-order chi connectivity index (χ0) is 16.3. The molecule has 2 rings (SSSR count). The largest absolute Gasteiger partial charge is 0.358 e. The highest BCUT2D eigenvalue weighted by molar-refractivity contribution is 6.14. The van der Waals surface area contributed by atoms with Crippen molar-refractivity contribution in [2.24, 2.45) is 0 Å². The number of carbonyl (C=O) groups is 3. The molecular formula is C15H20N4O3. The fraction of sp³-hybridized carbons (Fsp3) is 0.400. The molecule has 0 spiro atoms. The second kappa shape index (κ2) is 6.15. The number of benzene rings is 1. The monoisotopic (exact) mass is 304 g/mol. The highest BCUT2D eigenvalue weighted by atomic mass is 16.2. The van der Waals surface area contributed by atoms with Gasteiger partial charge >= 0.3 is 0 Å². The van der Waals surface area contributed by atoms with Crippen molar-refractivity contribution in [2.45, 2.75) is 19.4 Å². The summed E-state index contributed by atoms with van der Waals surface area (Å²) in [6.45, 7) is 3.40. The molecule has 0 aromatic heterocycles. The molecule has 3 N–H and O–H groups in total. The molecule has 0 atom stereocenters. The van der Waals surface area contributed by atoms with Gasteiger partial charge in [0.1, 0.15) is 5.54 Å². The minimum absolute atomic E-state index is 0.0293. The first kappa shape index (κ1) is 16.0. The Kier molecular flexibility index (Phi) is 4.46. The molecule has 1 aromatic rings. The second-order valence-electron chi connectivity index (χ2n) is 5.54. The minimum Gasteiger partial charge on any atom is -0.358 e. The molecule has 1 aromatic carbocycles. The number of amides is 3. The van der Waals surface area contributed by atoms with Crippen LogP contribution in [-0.4, -0.2) is 43.4 Å². The Morgan fingerprint density at radius 2 is 1.91 bits per heavy atom. The van der Waals surface area contributed by atoms with Crippen molar-refractivity contribution in [3.8, 4) is 0 Å². The topological polar surface area (TPSA) is 90.5 Å². The predicted octanol–water partition coefficient (Wildman–Crippen LogP) is 0.0859. The Labute approximate surface area is 129 Å². The summed E-state index contributed by atoms with van der Waals surface area (Å²) in [7, 11) is 1.53. The molecule has 0 fully saturated rings. The number of nitrogens with zero attached hydrogens (tertiary/aromatic N) is 1. The molecule has 0 radical (unpaired) electrons. The molecule has 0 saturated carbocycles. The molecule has 0 bridgehead atoms. The highest BCUT2D eigenvalue weighted by Crippen LogP contribution is 2.36. The van der Waals surface area contributed by atoms with Crippen molar-refractivity contribution in [1.82, 2.24) is 10.6 Å². The van der Waals surface area contributed by atoms with E-state index in [9.17, 15) is 14.4 Å². The maximum absolute atomic E-state index is 12.5. The van der Waals surface area contributed by atoms with E-state index in [1.54, 1.807) is 32.0 Å². The Morgan fingerprint density at radius 1 is 1.23 bits per heavy atom. The van der Waals surface area contributed by atoms with Gasteiger partial charge < -0.3 is 10.6 Å². The van der Waals surface area contributed by atoms with Crippen molar-refractivity contribution in [2.75, 3.05) is 30.4 Å². The van der Waals surface area contributed by atoms with Crippen LogP contribution in [0.5, 0.6) is 0 Å². The molecule has 0 unspecified atom stereocenters. The van der Waals surface area contributed by atoms with Crippen LogP contribution in [0.25, 0.3) is 0 Å². The third kappa shape index (κ3) is 2.94. The minimum atomic E-state index is -1.000. The number of likely N-dealkylation sites (N-methyl/N-ethyl adjacent to an activating group) is 1. The van der Waals surface area contributed by atoms with Gasteiger partial charge in [-0.05, 0) is 26.0 Å². The molecule has 22 heavy (non-hydrogen) atoms. The number of carbonyl (C=O) groups excluding carboxylic acids is 3. The van der Waals surface area contributed by atoms with E-state index in [4.69, 9.17) is 0 Å². The first-order valence-corrected chi connectivity index (χ1v) is 7.02. The number of anilines is 2. The average molecular weight is 304 g/mol. The van der Waals surface area contributed by atoms with Gasteiger partial charge in [0.25, 0.3) is 0 Å². The van der Waals surface area contributed by atoms with E-state index < -0.39 is 5.54 Å². The highest BCUT2D eigenvalue weighted by Gasteiger charge is 2.43. The summed E-state index contributed by atoms with van der Waals surface area (Å²) in [6.07, 6.45) is 0.